The number of hydrogen-bond acceptors (Lipinski definition) is 3. The van der Waals surface area contributed by atoms with Crippen LogP contribution in [0.1, 0.15) is 29.5 Å². The summed E-state index contributed by atoms with van der Waals surface area (Å²) in [5.74, 6) is -1.11. The first-order valence-corrected chi connectivity index (χ1v) is 10.3. The largest absolute Gasteiger partial charge is 0.416 e. The molecule has 0 atom stereocenters. The molecule has 2 aliphatic heterocycles. The molecule has 0 spiro atoms. The number of likely N-dealkylation sites (tertiary alicyclic amines) is 1. The molecule has 0 unspecified atom stereocenters. The van der Waals surface area contributed by atoms with Crippen LogP contribution in [0.15, 0.2) is 52.4 Å². The Bertz CT molecular complexity index is 1000. The Morgan fingerprint density at radius 3 is 2.45 bits per heavy atom. The zero-order valence-electron chi connectivity index (χ0n) is 16.8. The number of amidine groups is 1. The molecule has 1 fully saturated rings. The zero-order valence-corrected chi connectivity index (χ0v) is 16.8. The summed E-state index contributed by atoms with van der Waals surface area (Å²) in [5.41, 5.74) is 1.49. The average Bonchev–Trinajstić information content (AvgIpc) is 3.24. The molecular formula is C23H22F5N3. The molecule has 3 nitrogen and oxygen atoms in total. The lowest BCUT2D eigenvalue weighted by molar-refractivity contribution is -0.137. The van der Waals surface area contributed by atoms with Crippen LogP contribution < -0.4 is 0 Å². The highest BCUT2D eigenvalue weighted by atomic mass is 19.4. The van der Waals surface area contributed by atoms with Crippen LogP contribution in [0.25, 0.3) is 0 Å². The fourth-order valence-corrected chi connectivity index (χ4v) is 4.05. The fraction of sp³-hybridized carbons (Fsp3) is 0.391. The molecule has 2 heterocycles. The number of benzene rings is 2. The van der Waals surface area contributed by atoms with Crippen LogP contribution in [0.5, 0.6) is 0 Å². The molecule has 31 heavy (non-hydrogen) atoms. The Balaban J connectivity index is 1.29. The average molecular weight is 435 g/mol. The molecule has 2 aromatic carbocycles. The van der Waals surface area contributed by atoms with Crippen LogP contribution in [0.4, 0.5) is 22.0 Å². The van der Waals surface area contributed by atoms with Gasteiger partial charge in [0.25, 0.3) is 0 Å². The zero-order chi connectivity index (χ0) is 22.0. The maximum Gasteiger partial charge on any atom is 0.416 e. The van der Waals surface area contributed by atoms with Crippen molar-refractivity contribution in [2.45, 2.75) is 25.4 Å². The topological polar surface area (TPSA) is 28.0 Å². The number of hydrogen-bond donors (Lipinski definition) is 0. The minimum absolute atomic E-state index is 0.274. The Morgan fingerprint density at radius 1 is 0.968 bits per heavy atom. The van der Waals surface area contributed by atoms with E-state index in [2.05, 4.69) is 14.9 Å². The predicted octanol–water partition coefficient (Wildman–Crippen LogP) is 5.14. The summed E-state index contributed by atoms with van der Waals surface area (Å²) in [4.78, 5) is 11.2. The van der Waals surface area contributed by atoms with Gasteiger partial charge < -0.3 is 4.90 Å². The van der Waals surface area contributed by atoms with Gasteiger partial charge in [-0.25, -0.2) is 13.8 Å². The molecule has 0 amide bonds. The van der Waals surface area contributed by atoms with Gasteiger partial charge in [-0.05, 0) is 62.2 Å². The standard InChI is InChI=1S/C23H22F5N3/c24-19-5-4-17(13-20(19)25)22-29-14-21(30-22)16-7-10-31(11-8-16)9-6-15-2-1-3-18(12-15)23(26,27)28/h1-5,12-13,16H,6-11,14H2. The highest BCUT2D eigenvalue weighted by Crippen LogP contribution is 2.30. The summed E-state index contributed by atoms with van der Waals surface area (Å²) in [5, 5.41) is 0. The summed E-state index contributed by atoms with van der Waals surface area (Å²) in [7, 11) is 0. The lowest BCUT2D eigenvalue weighted by Gasteiger charge is -2.31. The van der Waals surface area contributed by atoms with E-state index in [1.807, 2.05) is 0 Å². The van der Waals surface area contributed by atoms with Gasteiger partial charge in [-0.15, -0.1) is 0 Å². The quantitative estimate of drug-likeness (QED) is 0.598. The number of alkyl halides is 3. The molecule has 2 aliphatic rings. The maximum atomic E-state index is 13.5. The van der Waals surface area contributed by atoms with Crippen LogP contribution in [0.2, 0.25) is 0 Å². The second kappa shape index (κ2) is 8.86. The number of nitrogens with zero attached hydrogens (tertiary/aromatic N) is 3. The summed E-state index contributed by atoms with van der Waals surface area (Å²) in [6.07, 6.45) is -1.97. The van der Waals surface area contributed by atoms with Crippen LogP contribution in [-0.2, 0) is 12.6 Å². The minimum Gasteiger partial charge on any atom is -0.303 e. The Morgan fingerprint density at radius 2 is 1.74 bits per heavy atom. The van der Waals surface area contributed by atoms with Crippen LogP contribution in [0, 0.1) is 17.6 Å². The minimum atomic E-state index is -4.32. The van der Waals surface area contributed by atoms with Gasteiger partial charge in [0, 0.05) is 23.7 Å². The van der Waals surface area contributed by atoms with E-state index in [0.717, 1.165) is 49.8 Å². The van der Waals surface area contributed by atoms with Gasteiger partial charge in [-0.1, -0.05) is 18.2 Å². The normalized spacial score (nSPS) is 18.2. The summed E-state index contributed by atoms with van der Waals surface area (Å²) in [6, 6.07) is 9.14. The highest BCUT2D eigenvalue weighted by Gasteiger charge is 2.30. The van der Waals surface area contributed by atoms with Crippen molar-refractivity contribution in [3.63, 3.8) is 0 Å². The molecule has 0 radical (unpaired) electrons. The van der Waals surface area contributed by atoms with E-state index in [9.17, 15) is 22.0 Å². The molecule has 2 aromatic rings. The second-order valence-corrected chi connectivity index (χ2v) is 7.94. The number of piperidine rings is 1. The van der Waals surface area contributed by atoms with Gasteiger partial charge >= 0.3 is 6.18 Å². The predicted molar refractivity (Wildman–Crippen MR) is 110 cm³/mol. The smallest absolute Gasteiger partial charge is 0.303 e. The maximum absolute atomic E-state index is 13.5. The van der Waals surface area contributed by atoms with Gasteiger partial charge in [0.15, 0.2) is 17.5 Å². The molecule has 0 bridgehead atoms. The number of halogens is 5. The molecule has 0 aromatic heterocycles. The van der Waals surface area contributed by atoms with Crippen molar-refractivity contribution < 1.29 is 22.0 Å². The third kappa shape index (κ3) is 5.18. The number of rotatable bonds is 5. The first-order valence-electron chi connectivity index (χ1n) is 10.3. The van der Waals surface area contributed by atoms with E-state index >= 15 is 0 Å². The van der Waals surface area contributed by atoms with Gasteiger partial charge in [-0.2, -0.15) is 13.2 Å². The van der Waals surface area contributed by atoms with Crippen molar-refractivity contribution in [2.75, 3.05) is 26.2 Å². The van der Waals surface area contributed by atoms with E-state index in [1.54, 1.807) is 6.07 Å². The molecule has 8 heteroatoms. The Kier molecular flexibility index (Phi) is 6.18. The lowest BCUT2D eigenvalue weighted by Crippen LogP contribution is -2.37. The van der Waals surface area contributed by atoms with E-state index in [-0.39, 0.29) is 5.92 Å². The SMILES string of the molecule is Fc1ccc(C2=NCC(C3CCN(CCc4cccc(C(F)(F)F)c4)CC3)=N2)cc1F. The fourth-order valence-electron chi connectivity index (χ4n) is 4.05. The molecule has 0 saturated carbocycles. The summed E-state index contributed by atoms with van der Waals surface area (Å²) < 4.78 is 65.2. The van der Waals surface area contributed by atoms with Gasteiger partial charge in [0.1, 0.15) is 0 Å². The lowest BCUT2D eigenvalue weighted by atomic mass is 9.91. The van der Waals surface area contributed by atoms with Crippen LogP contribution >= 0.6 is 0 Å². The van der Waals surface area contributed by atoms with Crippen LogP contribution in [0.3, 0.4) is 0 Å². The van der Waals surface area contributed by atoms with Gasteiger partial charge in [0.05, 0.1) is 12.1 Å². The third-order valence-corrected chi connectivity index (χ3v) is 5.85. The molecule has 1 saturated heterocycles. The first kappa shape index (κ1) is 21.6. The van der Waals surface area contributed by atoms with Crippen LogP contribution in [-0.4, -0.2) is 42.6 Å². The second-order valence-electron chi connectivity index (χ2n) is 7.94. The summed E-state index contributed by atoms with van der Waals surface area (Å²) >= 11 is 0. The van der Waals surface area contributed by atoms with Crippen molar-refractivity contribution in [3.8, 4) is 0 Å². The van der Waals surface area contributed by atoms with Crippen molar-refractivity contribution in [3.05, 3.63) is 70.8 Å². The van der Waals surface area contributed by atoms with Gasteiger partial charge in [-0.3, -0.25) is 4.99 Å². The number of aliphatic imine (C=N–C) groups is 2. The molecule has 4 rings (SSSR count). The molecule has 0 N–H and O–H groups in total. The van der Waals surface area contributed by atoms with E-state index < -0.39 is 23.4 Å². The van der Waals surface area contributed by atoms with E-state index in [0.29, 0.717) is 36.5 Å². The van der Waals surface area contributed by atoms with E-state index in [1.165, 1.54) is 18.2 Å². The Labute approximate surface area is 177 Å². The molecule has 0 aliphatic carbocycles. The van der Waals surface area contributed by atoms with Crippen molar-refractivity contribution in [1.82, 2.24) is 4.90 Å². The van der Waals surface area contributed by atoms with Crippen molar-refractivity contribution >= 4 is 11.5 Å². The third-order valence-electron chi connectivity index (χ3n) is 5.85. The summed E-state index contributed by atoms with van der Waals surface area (Å²) in [6.45, 7) is 2.84. The highest BCUT2D eigenvalue weighted by molar-refractivity contribution is 6.12. The van der Waals surface area contributed by atoms with Crippen molar-refractivity contribution in [1.29, 1.82) is 0 Å². The monoisotopic (exact) mass is 435 g/mol. The van der Waals surface area contributed by atoms with Gasteiger partial charge in [0.2, 0.25) is 0 Å². The Hall–Kier alpha value is -2.61. The molecule has 164 valence electrons. The van der Waals surface area contributed by atoms with E-state index in [4.69, 9.17) is 0 Å². The molecular weight excluding hydrogens is 413 g/mol. The first-order chi connectivity index (χ1) is 14.8. The van der Waals surface area contributed by atoms with Crippen molar-refractivity contribution in [2.24, 2.45) is 15.9 Å².